The summed E-state index contributed by atoms with van der Waals surface area (Å²) in [4.78, 5) is 19.3. The van der Waals surface area contributed by atoms with Crippen LogP contribution in [0.1, 0.15) is 35.3 Å². The standard InChI is InChI=1S/C21H23N3OS.C2H7N.CH4O/c1-3-5-8-16(4-2)21-23-19(15-26-21)20(25)22-17-9-11-18(12-10-17)24-13-6-7-14-24;1-3-2;1-2/h3-5,8-12,15H,1,6-7,13-14H2,2H3,(H,22,25);3H,1-2H3;2H,1H3/b8-5-,16-4+;;. The van der Waals surface area contributed by atoms with Crippen LogP contribution < -0.4 is 15.5 Å². The van der Waals surface area contributed by atoms with Gasteiger partial charge in [-0.1, -0.05) is 30.9 Å². The number of aliphatic hydroxyl groups is 1. The summed E-state index contributed by atoms with van der Waals surface area (Å²) in [6.45, 7) is 7.85. The molecule has 3 rings (SSSR count). The molecule has 0 saturated carbocycles. The van der Waals surface area contributed by atoms with Crippen LogP contribution in [0.25, 0.3) is 5.57 Å². The number of hydrogen-bond acceptors (Lipinski definition) is 6. The van der Waals surface area contributed by atoms with Gasteiger partial charge >= 0.3 is 0 Å². The number of carbonyl (C=O) groups is 1. The SMILES string of the molecule is C=C/C=C\C(=C/C)c1nc(C(=O)Nc2ccc(N3CCCC3)cc2)cs1.CNC.CO. The van der Waals surface area contributed by atoms with Crippen LogP contribution in [0.4, 0.5) is 11.4 Å². The second kappa shape index (κ2) is 15.1. The van der Waals surface area contributed by atoms with Crippen LogP contribution >= 0.6 is 11.3 Å². The van der Waals surface area contributed by atoms with E-state index in [0.717, 1.165) is 36.5 Å². The highest BCUT2D eigenvalue weighted by atomic mass is 32.1. The monoisotopic (exact) mass is 442 g/mol. The molecule has 6 nitrogen and oxygen atoms in total. The zero-order valence-corrected chi connectivity index (χ0v) is 19.7. The lowest BCUT2D eigenvalue weighted by atomic mass is 10.2. The van der Waals surface area contributed by atoms with E-state index in [4.69, 9.17) is 5.11 Å². The molecule has 1 aromatic carbocycles. The van der Waals surface area contributed by atoms with Gasteiger partial charge in [0.2, 0.25) is 0 Å². The number of hydrogen-bond donors (Lipinski definition) is 3. The number of amides is 1. The Morgan fingerprint density at radius 1 is 1.19 bits per heavy atom. The van der Waals surface area contributed by atoms with Gasteiger partial charge in [0.05, 0.1) is 0 Å². The molecule has 0 radical (unpaired) electrons. The van der Waals surface area contributed by atoms with Crippen LogP contribution in [0.5, 0.6) is 0 Å². The van der Waals surface area contributed by atoms with Crippen molar-refractivity contribution in [3.63, 3.8) is 0 Å². The Kier molecular flexibility index (Phi) is 12.8. The molecule has 3 N–H and O–H groups in total. The van der Waals surface area contributed by atoms with Gasteiger partial charge in [0.1, 0.15) is 10.7 Å². The summed E-state index contributed by atoms with van der Waals surface area (Å²) in [6, 6.07) is 8.02. The molecule has 0 atom stereocenters. The zero-order valence-electron chi connectivity index (χ0n) is 18.9. The Balaban J connectivity index is 0.000000884. The number of carbonyl (C=O) groups excluding carboxylic acids is 1. The van der Waals surface area contributed by atoms with Crippen LogP contribution in [0.2, 0.25) is 0 Å². The van der Waals surface area contributed by atoms with Crippen LogP contribution in [-0.4, -0.2) is 50.3 Å². The Morgan fingerprint density at radius 2 is 1.81 bits per heavy atom. The number of nitrogens with one attached hydrogen (secondary N) is 2. The molecule has 1 saturated heterocycles. The van der Waals surface area contributed by atoms with Crippen molar-refractivity contribution in [2.45, 2.75) is 19.8 Å². The number of aliphatic hydroxyl groups excluding tert-OH is 1. The van der Waals surface area contributed by atoms with E-state index < -0.39 is 0 Å². The van der Waals surface area contributed by atoms with Gasteiger partial charge in [-0.05, 0) is 58.1 Å². The van der Waals surface area contributed by atoms with Crippen molar-refractivity contribution >= 4 is 34.2 Å². The van der Waals surface area contributed by atoms with Crippen molar-refractivity contribution < 1.29 is 9.90 Å². The number of rotatable bonds is 6. The number of aromatic nitrogens is 1. The van der Waals surface area contributed by atoms with E-state index >= 15 is 0 Å². The van der Waals surface area contributed by atoms with Crippen molar-refractivity contribution in [2.75, 3.05) is 44.5 Å². The molecule has 1 aliphatic rings. The minimum atomic E-state index is -0.190. The largest absolute Gasteiger partial charge is 0.400 e. The van der Waals surface area contributed by atoms with Gasteiger partial charge in [-0.15, -0.1) is 11.3 Å². The first-order chi connectivity index (χ1) is 15.1. The Morgan fingerprint density at radius 3 is 2.35 bits per heavy atom. The molecule has 0 spiro atoms. The van der Waals surface area contributed by atoms with Crippen molar-refractivity contribution in [1.82, 2.24) is 10.3 Å². The summed E-state index contributed by atoms with van der Waals surface area (Å²) >= 11 is 1.46. The molecule has 2 heterocycles. The molecule has 1 amide bonds. The zero-order chi connectivity index (χ0) is 23.1. The van der Waals surface area contributed by atoms with E-state index in [2.05, 4.69) is 39.2 Å². The smallest absolute Gasteiger partial charge is 0.275 e. The summed E-state index contributed by atoms with van der Waals surface area (Å²) in [5, 5.41) is 15.3. The molecule has 2 aromatic rings. The van der Waals surface area contributed by atoms with E-state index in [0.29, 0.717) is 5.69 Å². The summed E-state index contributed by atoms with van der Waals surface area (Å²) in [5.74, 6) is -0.190. The van der Waals surface area contributed by atoms with Crippen molar-refractivity contribution in [3.8, 4) is 0 Å². The van der Waals surface area contributed by atoms with Gasteiger partial charge in [-0.25, -0.2) is 4.98 Å². The summed E-state index contributed by atoms with van der Waals surface area (Å²) in [6.07, 6.45) is 9.98. The molecule has 31 heavy (non-hydrogen) atoms. The number of allylic oxidation sites excluding steroid dienone is 5. The Hall–Kier alpha value is -2.74. The van der Waals surface area contributed by atoms with Crippen molar-refractivity contribution in [2.24, 2.45) is 0 Å². The second-order valence-corrected chi connectivity index (χ2v) is 7.43. The van der Waals surface area contributed by atoms with Gasteiger partial charge in [-0.2, -0.15) is 0 Å². The van der Waals surface area contributed by atoms with Gasteiger partial charge in [0, 0.05) is 42.5 Å². The number of benzene rings is 1. The summed E-state index contributed by atoms with van der Waals surface area (Å²) < 4.78 is 0. The molecule has 1 aliphatic heterocycles. The van der Waals surface area contributed by atoms with E-state index in [1.165, 1.54) is 29.9 Å². The summed E-state index contributed by atoms with van der Waals surface area (Å²) in [5.41, 5.74) is 3.40. The van der Waals surface area contributed by atoms with Crippen LogP contribution in [0.15, 0.2) is 60.5 Å². The number of anilines is 2. The third kappa shape index (κ3) is 8.49. The highest BCUT2D eigenvalue weighted by Crippen LogP contribution is 2.24. The Bertz CT molecular complexity index is 851. The first-order valence-electron chi connectivity index (χ1n) is 10.2. The average Bonchev–Trinajstić information content (AvgIpc) is 3.50. The van der Waals surface area contributed by atoms with E-state index in [1.54, 1.807) is 11.5 Å². The topological polar surface area (TPSA) is 77.5 Å². The highest BCUT2D eigenvalue weighted by molar-refractivity contribution is 7.11. The van der Waals surface area contributed by atoms with E-state index in [9.17, 15) is 4.79 Å². The third-order valence-corrected chi connectivity index (χ3v) is 5.19. The van der Waals surface area contributed by atoms with Crippen molar-refractivity contribution in [1.29, 1.82) is 0 Å². The lowest BCUT2D eigenvalue weighted by Gasteiger charge is -2.17. The van der Waals surface area contributed by atoms with Crippen LogP contribution in [-0.2, 0) is 0 Å². The number of thiazole rings is 1. The lowest BCUT2D eigenvalue weighted by molar-refractivity contribution is 0.102. The maximum Gasteiger partial charge on any atom is 0.275 e. The first kappa shape index (κ1) is 26.3. The molecular formula is C24H34N4O2S. The van der Waals surface area contributed by atoms with Crippen molar-refractivity contribution in [3.05, 3.63) is 71.2 Å². The predicted octanol–water partition coefficient (Wildman–Crippen LogP) is 4.59. The second-order valence-electron chi connectivity index (χ2n) is 6.57. The lowest BCUT2D eigenvalue weighted by Crippen LogP contribution is -2.17. The maximum atomic E-state index is 12.5. The van der Waals surface area contributed by atoms with E-state index in [1.807, 2.05) is 51.4 Å². The summed E-state index contributed by atoms with van der Waals surface area (Å²) in [7, 11) is 4.75. The molecule has 1 fully saturated rings. The number of nitrogens with zero attached hydrogens (tertiary/aromatic N) is 2. The first-order valence-corrected chi connectivity index (χ1v) is 11.1. The molecule has 1 aromatic heterocycles. The molecular weight excluding hydrogens is 408 g/mol. The van der Waals surface area contributed by atoms with E-state index in [-0.39, 0.29) is 5.91 Å². The molecule has 0 bridgehead atoms. The van der Waals surface area contributed by atoms with Gasteiger partial charge < -0.3 is 20.6 Å². The highest BCUT2D eigenvalue weighted by Gasteiger charge is 2.14. The molecule has 0 aliphatic carbocycles. The average molecular weight is 443 g/mol. The fraction of sp³-hybridized carbons (Fsp3) is 0.333. The van der Waals surface area contributed by atoms with Crippen LogP contribution in [0, 0.1) is 0 Å². The molecule has 168 valence electrons. The fourth-order valence-electron chi connectivity index (χ4n) is 2.90. The molecule has 7 heteroatoms. The van der Waals surface area contributed by atoms with Gasteiger partial charge in [0.25, 0.3) is 5.91 Å². The quantitative estimate of drug-likeness (QED) is 0.571. The maximum absolute atomic E-state index is 12.5. The third-order valence-electron chi connectivity index (χ3n) is 4.30. The Labute approximate surface area is 190 Å². The predicted molar refractivity (Wildman–Crippen MR) is 134 cm³/mol. The fourth-order valence-corrected chi connectivity index (χ4v) is 3.76. The van der Waals surface area contributed by atoms with Gasteiger partial charge in [0.15, 0.2) is 0 Å². The minimum absolute atomic E-state index is 0.190. The molecule has 0 unspecified atom stereocenters. The van der Waals surface area contributed by atoms with Crippen LogP contribution in [0.3, 0.4) is 0 Å². The normalized spacial score (nSPS) is 13.2. The minimum Gasteiger partial charge on any atom is -0.400 e. The van der Waals surface area contributed by atoms with Gasteiger partial charge in [-0.3, -0.25) is 4.79 Å².